The quantitative estimate of drug-likeness (QED) is 0.768. The third-order valence-electron chi connectivity index (χ3n) is 3.73. The Hall–Kier alpha value is -2.25. The number of thiazole rings is 1. The van der Waals surface area contributed by atoms with Crippen LogP contribution in [0.3, 0.4) is 0 Å². The van der Waals surface area contributed by atoms with Crippen LogP contribution < -0.4 is 5.43 Å². The van der Waals surface area contributed by atoms with Gasteiger partial charge in [0.15, 0.2) is 0 Å². The lowest BCUT2D eigenvalue weighted by Crippen LogP contribution is -2.19. The average Bonchev–Trinajstić information content (AvgIpc) is 2.82. The van der Waals surface area contributed by atoms with E-state index in [1.54, 1.807) is 4.57 Å². The first kappa shape index (κ1) is 16.6. The Morgan fingerprint density at radius 1 is 1.42 bits per heavy atom. The number of aryl methyl sites for hydroxylation is 2. The third-order valence-corrected chi connectivity index (χ3v) is 5.08. The molecule has 0 saturated heterocycles. The van der Waals surface area contributed by atoms with Crippen LogP contribution in [0.2, 0.25) is 5.02 Å². The van der Waals surface area contributed by atoms with Crippen LogP contribution in [0.25, 0.3) is 10.9 Å². The molecule has 2 heterocycles. The van der Waals surface area contributed by atoms with E-state index in [4.69, 9.17) is 11.6 Å². The lowest BCUT2D eigenvalue weighted by Gasteiger charge is -2.11. The van der Waals surface area contributed by atoms with E-state index in [-0.39, 0.29) is 17.0 Å². The van der Waals surface area contributed by atoms with Gasteiger partial charge in [-0.3, -0.25) is 4.79 Å². The number of carboxylic acid groups (broad SMARTS) is 1. The molecule has 1 N–H and O–H groups in total. The largest absolute Gasteiger partial charge is 0.477 e. The van der Waals surface area contributed by atoms with Crippen molar-refractivity contribution in [2.45, 2.75) is 20.4 Å². The molecule has 0 radical (unpaired) electrons. The van der Waals surface area contributed by atoms with Crippen LogP contribution in [0.15, 0.2) is 23.1 Å². The molecule has 3 aromatic rings. The number of pyridine rings is 1. The molecule has 2 aromatic heterocycles. The highest BCUT2D eigenvalue weighted by atomic mass is 35.5. The van der Waals surface area contributed by atoms with Crippen LogP contribution in [0.5, 0.6) is 0 Å². The molecule has 0 fully saturated rings. The minimum Gasteiger partial charge on any atom is -0.477 e. The minimum atomic E-state index is -1.36. The molecular weight excluding hydrogens is 355 g/mol. The molecule has 0 aliphatic rings. The number of carbonyl (C=O) groups is 1. The Labute approximate surface area is 145 Å². The van der Waals surface area contributed by atoms with Crippen LogP contribution >= 0.6 is 22.9 Å². The van der Waals surface area contributed by atoms with E-state index in [0.717, 1.165) is 21.6 Å². The van der Waals surface area contributed by atoms with Gasteiger partial charge >= 0.3 is 5.97 Å². The number of hydrogen-bond acceptors (Lipinski definition) is 4. The van der Waals surface area contributed by atoms with E-state index in [9.17, 15) is 19.1 Å². The molecule has 3 rings (SSSR count). The summed E-state index contributed by atoms with van der Waals surface area (Å²) in [6, 6.07) is 2.30. The third kappa shape index (κ3) is 2.81. The molecule has 24 heavy (non-hydrogen) atoms. The summed E-state index contributed by atoms with van der Waals surface area (Å²) in [5.41, 5.74) is 0.0924. The van der Waals surface area contributed by atoms with Gasteiger partial charge in [-0.2, -0.15) is 0 Å². The maximum atomic E-state index is 13.7. The summed E-state index contributed by atoms with van der Waals surface area (Å²) < 4.78 is 15.3. The second kappa shape index (κ2) is 5.99. The lowest BCUT2D eigenvalue weighted by molar-refractivity contribution is 0.0695. The molecule has 0 aliphatic heterocycles. The van der Waals surface area contributed by atoms with Gasteiger partial charge in [0.2, 0.25) is 5.43 Å². The lowest BCUT2D eigenvalue weighted by atomic mass is 10.1. The molecule has 0 saturated carbocycles. The van der Waals surface area contributed by atoms with Gasteiger partial charge in [-0.1, -0.05) is 11.6 Å². The number of benzene rings is 1. The maximum absolute atomic E-state index is 13.7. The number of halogens is 2. The minimum absolute atomic E-state index is 0.0261. The summed E-state index contributed by atoms with van der Waals surface area (Å²) in [6.07, 6.45) is 1.24. The van der Waals surface area contributed by atoms with Crippen molar-refractivity contribution >= 4 is 39.8 Å². The van der Waals surface area contributed by atoms with E-state index >= 15 is 0 Å². The van der Waals surface area contributed by atoms with Gasteiger partial charge in [-0.15, -0.1) is 11.3 Å². The highest BCUT2D eigenvalue weighted by Gasteiger charge is 2.17. The fourth-order valence-electron chi connectivity index (χ4n) is 2.42. The summed E-state index contributed by atoms with van der Waals surface area (Å²) >= 11 is 7.31. The maximum Gasteiger partial charge on any atom is 0.341 e. The highest BCUT2D eigenvalue weighted by molar-refractivity contribution is 7.11. The summed E-state index contributed by atoms with van der Waals surface area (Å²) in [5, 5.41) is 9.84. The standard InChI is InChI=1S/C16H12ClFN2O3S/c1-7-8(2)24-14(19-7)6-20-5-10(16(22)23)15(21)9-3-12(18)11(17)4-13(9)20/h3-5H,6H2,1-2H3,(H,22,23). The fraction of sp³-hybridized carbons (Fsp3) is 0.188. The average molecular weight is 367 g/mol. The summed E-state index contributed by atoms with van der Waals surface area (Å²) in [7, 11) is 0. The van der Waals surface area contributed by atoms with Crippen molar-refractivity contribution in [3.63, 3.8) is 0 Å². The first-order chi connectivity index (χ1) is 11.3. The topological polar surface area (TPSA) is 72.2 Å². The van der Waals surface area contributed by atoms with Crippen LogP contribution in [0.4, 0.5) is 4.39 Å². The summed E-state index contributed by atoms with van der Waals surface area (Å²) in [5.74, 6) is -2.13. The molecule has 8 heteroatoms. The van der Waals surface area contributed by atoms with E-state index in [1.807, 2.05) is 13.8 Å². The van der Waals surface area contributed by atoms with Crippen LogP contribution in [0, 0.1) is 19.7 Å². The molecule has 0 aliphatic carbocycles. The van der Waals surface area contributed by atoms with E-state index in [0.29, 0.717) is 5.52 Å². The number of hydrogen-bond donors (Lipinski definition) is 1. The van der Waals surface area contributed by atoms with Gasteiger partial charge in [0.25, 0.3) is 0 Å². The Morgan fingerprint density at radius 2 is 2.12 bits per heavy atom. The predicted octanol–water partition coefficient (Wildman–Crippen LogP) is 3.61. The Morgan fingerprint density at radius 3 is 2.71 bits per heavy atom. The van der Waals surface area contributed by atoms with Crippen molar-refractivity contribution in [3.8, 4) is 0 Å². The Balaban J connectivity index is 2.28. The fourth-order valence-corrected chi connectivity index (χ4v) is 3.51. The molecule has 0 spiro atoms. The van der Waals surface area contributed by atoms with Gasteiger partial charge in [-0.05, 0) is 26.0 Å². The molecule has 5 nitrogen and oxygen atoms in total. The second-order valence-corrected chi connectivity index (χ2v) is 7.03. The van der Waals surface area contributed by atoms with Crippen molar-refractivity contribution in [2.24, 2.45) is 0 Å². The normalized spacial score (nSPS) is 11.2. The zero-order chi connectivity index (χ0) is 17.6. The van der Waals surface area contributed by atoms with Crippen LogP contribution in [-0.2, 0) is 6.54 Å². The van der Waals surface area contributed by atoms with E-state index < -0.39 is 22.8 Å². The van der Waals surface area contributed by atoms with Crippen molar-refractivity contribution in [3.05, 3.63) is 60.5 Å². The zero-order valence-corrected chi connectivity index (χ0v) is 14.3. The zero-order valence-electron chi connectivity index (χ0n) is 12.8. The van der Waals surface area contributed by atoms with Crippen LogP contribution in [0.1, 0.15) is 25.9 Å². The van der Waals surface area contributed by atoms with Gasteiger partial charge in [-0.25, -0.2) is 14.2 Å². The summed E-state index contributed by atoms with van der Waals surface area (Å²) in [6.45, 7) is 4.08. The number of aromatic carboxylic acids is 1. The molecule has 0 bridgehead atoms. The Bertz CT molecular complexity index is 1020. The molecule has 0 atom stereocenters. The number of carboxylic acids is 1. The predicted molar refractivity (Wildman–Crippen MR) is 90.8 cm³/mol. The molecule has 1 aromatic carbocycles. The van der Waals surface area contributed by atoms with Crippen molar-refractivity contribution in [1.29, 1.82) is 0 Å². The summed E-state index contributed by atoms with van der Waals surface area (Å²) in [4.78, 5) is 29.1. The first-order valence-electron chi connectivity index (χ1n) is 6.96. The van der Waals surface area contributed by atoms with Gasteiger partial charge in [0, 0.05) is 16.5 Å². The van der Waals surface area contributed by atoms with Crippen LogP contribution in [-0.4, -0.2) is 20.6 Å². The van der Waals surface area contributed by atoms with Gasteiger partial charge in [0.1, 0.15) is 16.4 Å². The van der Waals surface area contributed by atoms with E-state index in [2.05, 4.69) is 4.98 Å². The highest BCUT2D eigenvalue weighted by Crippen LogP contribution is 2.24. The van der Waals surface area contributed by atoms with Gasteiger partial charge < -0.3 is 9.67 Å². The molecule has 0 amide bonds. The number of fused-ring (bicyclic) bond motifs is 1. The number of rotatable bonds is 3. The monoisotopic (exact) mass is 366 g/mol. The smallest absolute Gasteiger partial charge is 0.341 e. The van der Waals surface area contributed by atoms with Gasteiger partial charge in [0.05, 0.1) is 22.8 Å². The SMILES string of the molecule is Cc1nc(Cn2cc(C(=O)O)c(=O)c3cc(F)c(Cl)cc32)sc1C. The van der Waals surface area contributed by atoms with Crippen molar-refractivity contribution in [1.82, 2.24) is 9.55 Å². The first-order valence-corrected chi connectivity index (χ1v) is 8.15. The van der Waals surface area contributed by atoms with Crippen molar-refractivity contribution < 1.29 is 14.3 Å². The number of aromatic nitrogens is 2. The number of nitrogens with zero attached hydrogens (tertiary/aromatic N) is 2. The second-order valence-electron chi connectivity index (χ2n) is 5.34. The molecule has 0 unspecified atom stereocenters. The Kier molecular flexibility index (Phi) is 4.15. The molecular formula is C16H12ClFN2O3S. The molecule has 124 valence electrons. The van der Waals surface area contributed by atoms with E-state index in [1.165, 1.54) is 23.6 Å². The van der Waals surface area contributed by atoms with Crippen molar-refractivity contribution in [2.75, 3.05) is 0 Å².